The van der Waals surface area contributed by atoms with Crippen molar-refractivity contribution in [2.45, 2.75) is 6.42 Å². The van der Waals surface area contributed by atoms with Crippen LogP contribution in [0.5, 0.6) is 0 Å². The SMILES string of the molecule is COCCCNC(=O)c1cccc(NC(=S)NC(=O)c2ccc([N+](=O)[O-])cc2)c1. The Hall–Kier alpha value is -3.37. The first-order valence-corrected chi connectivity index (χ1v) is 9.05. The lowest BCUT2D eigenvalue weighted by Crippen LogP contribution is -2.34. The molecule has 0 fully saturated rings. The van der Waals surface area contributed by atoms with E-state index < -0.39 is 10.8 Å². The van der Waals surface area contributed by atoms with Crippen molar-refractivity contribution in [3.05, 3.63) is 69.8 Å². The topological polar surface area (TPSA) is 123 Å². The summed E-state index contributed by atoms with van der Waals surface area (Å²) in [4.78, 5) is 34.5. The summed E-state index contributed by atoms with van der Waals surface area (Å²) in [6.45, 7) is 1.05. The third-order valence-corrected chi connectivity index (χ3v) is 3.96. The minimum absolute atomic E-state index is 0.0333. The standard InChI is InChI=1S/C19H20N4O5S/c1-28-11-3-10-20-17(24)14-4-2-5-15(12-14)21-19(29)22-18(25)13-6-8-16(9-7-13)23(26)27/h2,4-9,12H,3,10-11H2,1H3,(H,20,24)(H2,21,22,25,29). The molecule has 9 nitrogen and oxygen atoms in total. The number of amides is 2. The molecule has 0 unspecified atom stereocenters. The van der Waals surface area contributed by atoms with Crippen LogP contribution in [0.2, 0.25) is 0 Å². The number of nitrogens with zero attached hydrogens (tertiary/aromatic N) is 1. The Labute approximate surface area is 172 Å². The average Bonchev–Trinajstić information content (AvgIpc) is 2.71. The second kappa shape index (κ2) is 10.8. The molecule has 3 N–H and O–H groups in total. The Morgan fingerprint density at radius 3 is 2.48 bits per heavy atom. The van der Waals surface area contributed by atoms with Gasteiger partial charge in [-0.2, -0.15) is 0 Å². The average molecular weight is 416 g/mol. The Morgan fingerprint density at radius 1 is 1.10 bits per heavy atom. The minimum Gasteiger partial charge on any atom is -0.385 e. The molecule has 0 saturated carbocycles. The first-order valence-electron chi connectivity index (χ1n) is 8.64. The van der Waals surface area contributed by atoms with Crippen LogP contribution in [0.1, 0.15) is 27.1 Å². The third kappa shape index (κ3) is 6.94. The molecule has 0 atom stereocenters. The number of carbonyl (C=O) groups is 2. The van der Waals surface area contributed by atoms with Gasteiger partial charge in [0.1, 0.15) is 0 Å². The molecule has 0 bridgehead atoms. The maximum atomic E-state index is 12.2. The van der Waals surface area contributed by atoms with Crippen LogP contribution in [-0.4, -0.2) is 42.1 Å². The molecule has 10 heteroatoms. The first-order chi connectivity index (χ1) is 13.9. The van der Waals surface area contributed by atoms with Crippen LogP contribution >= 0.6 is 12.2 Å². The molecular formula is C19H20N4O5S. The smallest absolute Gasteiger partial charge is 0.269 e. The van der Waals surface area contributed by atoms with Gasteiger partial charge in [-0.3, -0.25) is 25.0 Å². The summed E-state index contributed by atoms with van der Waals surface area (Å²) in [6.07, 6.45) is 0.707. The van der Waals surface area contributed by atoms with Crippen LogP contribution in [0.4, 0.5) is 11.4 Å². The van der Waals surface area contributed by atoms with Gasteiger partial charge < -0.3 is 15.4 Å². The van der Waals surface area contributed by atoms with E-state index in [1.54, 1.807) is 31.4 Å². The zero-order chi connectivity index (χ0) is 21.2. The molecule has 2 amide bonds. The number of carbonyl (C=O) groups excluding carboxylic acids is 2. The Bertz CT molecular complexity index is 902. The number of nitrogens with one attached hydrogen (secondary N) is 3. The van der Waals surface area contributed by atoms with E-state index in [0.29, 0.717) is 30.8 Å². The van der Waals surface area contributed by atoms with Crippen molar-refractivity contribution in [1.29, 1.82) is 0 Å². The van der Waals surface area contributed by atoms with Gasteiger partial charge >= 0.3 is 0 Å². The lowest BCUT2D eigenvalue weighted by atomic mass is 10.2. The van der Waals surface area contributed by atoms with Crippen molar-refractivity contribution in [3.63, 3.8) is 0 Å². The molecule has 29 heavy (non-hydrogen) atoms. The quantitative estimate of drug-likeness (QED) is 0.261. The van der Waals surface area contributed by atoms with Crippen LogP contribution in [0.25, 0.3) is 0 Å². The fourth-order valence-corrected chi connectivity index (χ4v) is 2.54. The number of methoxy groups -OCH3 is 1. The Balaban J connectivity index is 1.92. The van der Waals surface area contributed by atoms with Crippen LogP contribution in [-0.2, 0) is 4.74 Å². The van der Waals surface area contributed by atoms with Crippen molar-refractivity contribution in [2.24, 2.45) is 0 Å². The first kappa shape index (κ1) is 21.9. The number of nitro benzene ring substituents is 1. The van der Waals surface area contributed by atoms with Gasteiger partial charge in [-0.1, -0.05) is 6.07 Å². The molecule has 152 valence electrons. The number of rotatable bonds is 8. The zero-order valence-electron chi connectivity index (χ0n) is 15.6. The molecule has 0 aliphatic carbocycles. The van der Waals surface area contributed by atoms with Crippen molar-refractivity contribution < 1.29 is 19.2 Å². The molecule has 0 aliphatic rings. The highest BCUT2D eigenvalue weighted by atomic mass is 32.1. The second-order valence-electron chi connectivity index (χ2n) is 5.90. The fraction of sp³-hybridized carbons (Fsp3) is 0.211. The van der Waals surface area contributed by atoms with E-state index in [1.165, 1.54) is 24.3 Å². The maximum absolute atomic E-state index is 12.2. The maximum Gasteiger partial charge on any atom is 0.269 e. The van der Waals surface area contributed by atoms with Crippen molar-refractivity contribution in [3.8, 4) is 0 Å². The number of hydrogen-bond donors (Lipinski definition) is 3. The van der Waals surface area contributed by atoms with Crippen molar-refractivity contribution in [1.82, 2.24) is 10.6 Å². The van der Waals surface area contributed by atoms with Crippen LogP contribution in [0.15, 0.2) is 48.5 Å². The van der Waals surface area contributed by atoms with Crippen LogP contribution in [0.3, 0.4) is 0 Å². The zero-order valence-corrected chi connectivity index (χ0v) is 16.5. The van der Waals surface area contributed by atoms with E-state index in [9.17, 15) is 19.7 Å². The predicted octanol–water partition coefficient (Wildman–Crippen LogP) is 2.49. The summed E-state index contributed by atoms with van der Waals surface area (Å²) in [7, 11) is 1.60. The fourth-order valence-electron chi connectivity index (χ4n) is 2.33. The number of anilines is 1. The highest BCUT2D eigenvalue weighted by Crippen LogP contribution is 2.13. The van der Waals surface area contributed by atoms with E-state index in [0.717, 1.165) is 0 Å². The van der Waals surface area contributed by atoms with E-state index >= 15 is 0 Å². The highest BCUT2D eigenvalue weighted by molar-refractivity contribution is 7.80. The third-order valence-electron chi connectivity index (χ3n) is 3.76. The van der Waals surface area contributed by atoms with Gasteiger partial charge in [0.2, 0.25) is 0 Å². The van der Waals surface area contributed by atoms with Gasteiger partial charge in [0, 0.05) is 49.2 Å². The van der Waals surface area contributed by atoms with Crippen molar-refractivity contribution in [2.75, 3.05) is 25.6 Å². The van der Waals surface area contributed by atoms with E-state index in [-0.39, 0.29) is 22.3 Å². The van der Waals surface area contributed by atoms with Gasteiger partial charge in [0.15, 0.2) is 5.11 Å². The van der Waals surface area contributed by atoms with Crippen LogP contribution < -0.4 is 16.0 Å². The monoisotopic (exact) mass is 416 g/mol. The van der Waals surface area contributed by atoms with Gasteiger partial charge in [-0.05, 0) is 49.0 Å². The summed E-state index contributed by atoms with van der Waals surface area (Å²) in [5.41, 5.74) is 1.09. The van der Waals surface area contributed by atoms with Gasteiger partial charge in [-0.15, -0.1) is 0 Å². The largest absolute Gasteiger partial charge is 0.385 e. The van der Waals surface area contributed by atoms with E-state index in [2.05, 4.69) is 16.0 Å². The van der Waals surface area contributed by atoms with E-state index in [4.69, 9.17) is 17.0 Å². The number of benzene rings is 2. The molecule has 0 aliphatic heterocycles. The van der Waals surface area contributed by atoms with Gasteiger partial charge in [0.05, 0.1) is 4.92 Å². The Morgan fingerprint density at radius 2 is 1.83 bits per heavy atom. The lowest BCUT2D eigenvalue weighted by molar-refractivity contribution is -0.384. The highest BCUT2D eigenvalue weighted by Gasteiger charge is 2.12. The normalized spacial score (nSPS) is 10.1. The summed E-state index contributed by atoms with van der Waals surface area (Å²) >= 11 is 5.12. The summed E-state index contributed by atoms with van der Waals surface area (Å²) in [6, 6.07) is 11.8. The predicted molar refractivity (Wildman–Crippen MR) is 112 cm³/mol. The summed E-state index contributed by atoms with van der Waals surface area (Å²) < 4.78 is 4.93. The summed E-state index contributed by atoms with van der Waals surface area (Å²) in [5, 5.41) is 18.8. The molecular weight excluding hydrogens is 396 g/mol. The number of thiocarbonyl (C=S) groups is 1. The molecule has 0 radical (unpaired) electrons. The lowest BCUT2D eigenvalue weighted by Gasteiger charge is -2.11. The number of non-ortho nitro benzene ring substituents is 1. The van der Waals surface area contributed by atoms with Gasteiger partial charge in [-0.25, -0.2) is 0 Å². The molecule has 0 saturated heterocycles. The number of nitro groups is 1. The minimum atomic E-state index is -0.547. The number of hydrogen-bond acceptors (Lipinski definition) is 6. The molecule has 0 aromatic heterocycles. The van der Waals surface area contributed by atoms with Crippen molar-refractivity contribution >= 4 is 40.5 Å². The second-order valence-corrected chi connectivity index (χ2v) is 6.30. The van der Waals surface area contributed by atoms with Gasteiger partial charge in [0.25, 0.3) is 17.5 Å². The Kier molecular flexibility index (Phi) is 8.19. The molecule has 0 spiro atoms. The van der Waals surface area contributed by atoms with E-state index in [1.807, 2.05) is 0 Å². The molecule has 2 aromatic rings. The summed E-state index contributed by atoms with van der Waals surface area (Å²) in [5.74, 6) is -0.741. The molecule has 2 rings (SSSR count). The molecule has 0 heterocycles. The molecule has 2 aromatic carbocycles. The number of ether oxygens (including phenoxy) is 1. The van der Waals surface area contributed by atoms with Crippen LogP contribution in [0, 0.1) is 10.1 Å².